The topological polar surface area (TPSA) is 89.4 Å². The number of carbonyl (C=O) groups excluding carboxylic acids is 3. The molecule has 0 aliphatic rings. The predicted octanol–water partition coefficient (Wildman–Crippen LogP) is 2.32. The number of ether oxygens (including phenoxy) is 1. The van der Waals surface area contributed by atoms with Crippen LogP contribution >= 0.6 is 0 Å². The van der Waals surface area contributed by atoms with Gasteiger partial charge < -0.3 is 14.6 Å². The van der Waals surface area contributed by atoms with E-state index in [1.807, 2.05) is 46.1 Å². The van der Waals surface area contributed by atoms with E-state index < -0.39 is 24.5 Å². The highest BCUT2D eigenvalue weighted by molar-refractivity contribution is 5.97. The molecule has 0 aliphatic heterocycles. The molecule has 3 amide bonds. The Kier molecular flexibility index (Phi) is 7.00. The van der Waals surface area contributed by atoms with Crippen molar-refractivity contribution in [1.82, 2.24) is 15.2 Å². The second-order valence-corrected chi connectivity index (χ2v) is 6.48. The summed E-state index contributed by atoms with van der Waals surface area (Å²) in [5.41, 5.74) is 2.17. The van der Waals surface area contributed by atoms with E-state index in [9.17, 15) is 14.4 Å². The van der Waals surface area contributed by atoms with Gasteiger partial charge >= 0.3 is 12.0 Å². The molecule has 0 atom stereocenters. The summed E-state index contributed by atoms with van der Waals surface area (Å²) in [6.07, 6.45) is 0. The number of hydrogen-bond donors (Lipinski definition) is 2. The van der Waals surface area contributed by atoms with Crippen molar-refractivity contribution in [3.8, 4) is 0 Å². The number of rotatable bonds is 6. The van der Waals surface area contributed by atoms with E-state index in [-0.39, 0.29) is 12.0 Å². The fourth-order valence-corrected chi connectivity index (χ4v) is 2.49. The Bertz CT molecular complexity index is 618. The molecule has 0 bridgehead atoms. The molecule has 0 spiro atoms. The number of aromatic nitrogens is 1. The van der Waals surface area contributed by atoms with Crippen LogP contribution in [0.1, 0.15) is 55.5 Å². The standard InChI is InChI=1S/C17H27N3O4/c1-10(2)8-18-17(23)19-15(21)9-24-16(22)14-7-12(5)20(11(3)4)13(14)6/h7,10-11H,8-9H2,1-6H3,(H2,18,19,21,23). The van der Waals surface area contributed by atoms with Crippen LogP contribution in [0.15, 0.2) is 6.07 Å². The van der Waals surface area contributed by atoms with E-state index in [2.05, 4.69) is 10.6 Å². The van der Waals surface area contributed by atoms with Gasteiger partial charge in [-0.1, -0.05) is 13.8 Å². The zero-order valence-electron chi connectivity index (χ0n) is 15.2. The number of nitrogens with one attached hydrogen (secondary N) is 2. The first-order chi connectivity index (χ1) is 11.1. The van der Waals surface area contributed by atoms with E-state index in [4.69, 9.17) is 4.74 Å². The van der Waals surface area contributed by atoms with E-state index in [0.29, 0.717) is 12.1 Å². The van der Waals surface area contributed by atoms with Crippen molar-refractivity contribution in [2.45, 2.75) is 47.6 Å². The molecule has 0 unspecified atom stereocenters. The number of esters is 1. The third kappa shape index (κ3) is 5.40. The average Bonchev–Trinajstić information content (AvgIpc) is 2.77. The Morgan fingerprint density at radius 1 is 1.17 bits per heavy atom. The molecule has 1 rings (SSSR count). The molecule has 7 heteroatoms. The van der Waals surface area contributed by atoms with Gasteiger partial charge in [0.05, 0.1) is 5.56 Å². The van der Waals surface area contributed by atoms with Crippen LogP contribution in [0.2, 0.25) is 0 Å². The van der Waals surface area contributed by atoms with Crippen molar-refractivity contribution < 1.29 is 19.1 Å². The quantitative estimate of drug-likeness (QED) is 0.780. The van der Waals surface area contributed by atoms with Crippen LogP contribution in [-0.2, 0) is 9.53 Å². The minimum Gasteiger partial charge on any atom is -0.452 e. The van der Waals surface area contributed by atoms with Gasteiger partial charge in [-0.05, 0) is 39.7 Å². The Hall–Kier alpha value is -2.31. The van der Waals surface area contributed by atoms with Gasteiger partial charge in [-0.15, -0.1) is 0 Å². The van der Waals surface area contributed by atoms with Crippen LogP contribution in [-0.4, -0.2) is 35.6 Å². The molecular weight excluding hydrogens is 310 g/mol. The van der Waals surface area contributed by atoms with Crippen LogP contribution in [0.3, 0.4) is 0 Å². The van der Waals surface area contributed by atoms with Crippen LogP contribution in [0.5, 0.6) is 0 Å². The normalized spacial score (nSPS) is 10.8. The number of carbonyl (C=O) groups is 3. The number of urea groups is 1. The van der Waals surface area contributed by atoms with Crippen LogP contribution in [0.4, 0.5) is 4.79 Å². The van der Waals surface area contributed by atoms with Crippen LogP contribution in [0, 0.1) is 19.8 Å². The van der Waals surface area contributed by atoms with E-state index in [1.165, 1.54) is 0 Å². The maximum absolute atomic E-state index is 12.1. The molecule has 0 saturated carbocycles. The number of aryl methyl sites for hydroxylation is 1. The molecule has 0 aliphatic carbocycles. The van der Waals surface area contributed by atoms with Crippen molar-refractivity contribution in [1.29, 1.82) is 0 Å². The number of imide groups is 1. The fourth-order valence-electron chi connectivity index (χ4n) is 2.49. The fraction of sp³-hybridized carbons (Fsp3) is 0.588. The van der Waals surface area contributed by atoms with Gasteiger partial charge in [0, 0.05) is 24.0 Å². The SMILES string of the molecule is Cc1cc(C(=O)OCC(=O)NC(=O)NCC(C)C)c(C)n1C(C)C. The van der Waals surface area contributed by atoms with Gasteiger partial charge in [-0.2, -0.15) is 0 Å². The van der Waals surface area contributed by atoms with Crippen LogP contribution in [0.25, 0.3) is 0 Å². The van der Waals surface area contributed by atoms with Crippen molar-refractivity contribution in [2.75, 3.05) is 13.2 Å². The maximum atomic E-state index is 12.1. The first kappa shape index (κ1) is 19.7. The Morgan fingerprint density at radius 2 is 1.79 bits per heavy atom. The summed E-state index contributed by atoms with van der Waals surface area (Å²) < 4.78 is 7.02. The second-order valence-electron chi connectivity index (χ2n) is 6.48. The maximum Gasteiger partial charge on any atom is 0.340 e. The monoisotopic (exact) mass is 337 g/mol. The van der Waals surface area contributed by atoms with Crippen molar-refractivity contribution in [3.63, 3.8) is 0 Å². The summed E-state index contributed by atoms with van der Waals surface area (Å²) in [4.78, 5) is 35.3. The van der Waals surface area contributed by atoms with E-state index in [0.717, 1.165) is 11.4 Å². The summed E-state index contributed by atoms with van der Waals surface area (Å²) in [6, 6.07) is 1.37. The first-order valence-electron chi connectivity index (χ1n) is 8.06. The lowest BCUT2D eigenvalue weighted by Crippen LogP contribution is -2.42. The molecule has 0 fully saturated rings. The summed E-state index contributed by atoms with van der Waals surface area (Å²) in [6.45, 7) is 11.6. The largest absolute Gasteiger partial charge is 0.452 e. The van der Waals surface area contributed by atoms with Gasteiger partial charge in [0.15, 0.2) is 6.61 Å². The highest BCUT2D eigenvalue weighted by atomic mass is 16.5. The number of amides is 3. The molecule has 134 valence electrons. The molecule has 24 heavy (non-hydrogen) atoms. The summed E-state index contributed by atoms with van der Waals surface area (Å²) >= 11 is 0. The molecular formula is C17H27N3O4. The molecule has 0 radical (unpaired) electrons. The third-order valence-electron chi connectivity index (χ3n) is 3.48. The van der Waals surface area contributed by atoms with E-state index in [1.54, 1.807) is 6.07 Å². The molecule has 2 N–H and O–H groups in total. The first-order valence-corrected chi connectivity index (χ1v) is 8.06. The summed E-state index contributed by atoms with van der Waals surface area (Å²) in [5.74, 6) is -0.963. The molecule has 1 aromatic heterocycles. The Labute approximate surface area is 142 Å². The third-order valence-corrected chi connectivity index (χ3v) is 3.48. The van der Waals surface area contributed by atoms with Gasteiger partial charge in [-0.25, -0.2) is 9.59 Å². The molecule has 1 heterocycles. The smallest absolute Gasteiger partial charge is 0.340 e. The molecule has 0 saturated heterocycles. The highest BCUT2D eigenvalue weighted by Gasteiger charge is 2.19. The number of nitrogens with zero attached hydrogens (tertiary/aromatic N) is 1. The lowest BCUT2D eigenvalue weighted by atomic mass is 10.2. The van der Waals surface area contributed by atoms with Gasteiger partial charge in [-0.3, -0.25) is 10.1 Å². The van der Waals surface area contributed by atoms with Gasteiger partial charge in [0.1, 0.15) is 0 Å². The zero-order chi connectivity index (χ0) is 18.4. The Morgan fingerprint density at radius 3 is 2.29 bits per heavy atom. The zero-order valence-corrected chi connectivity index (χ0v) is 15.2. The van der Waals surface area contributed by atoms with Crippen molar-refractivity contribution >= 4 is 17.9 Å². The summed E-state index contributed by atoms with van der Waals surface area (Å²) in [7, 11) is 0. The summed E-state index contributed by atoms with van der Waals surface area (Å²) in [5, 5.41) is 4.67. The minimum atomic E-state index is -0.665. The van der Waals surface area contributed by atoms with Crippen LogP contribution < -0.4 is 10.6 Å². The van der Waals surface area contributed by atoms with Crippen molar-refractivity contribution in [3.05, 3.63) is 23.0 Å². The lowest BCUT2D eigenvalue weighted by molar-refractivity contribution is -0.123. The second kappa shape index (κ2) is 8.52. The number of hydrogen-bond acceptors (Lipinski definition) is 4. The van der Waals surface area contributed by atoms with Gasteiger partial charge in [0.25, 0.3) is 5.91 Å². The van der Waals surface area contributed by atoms with Crippen molar-refractivity contribution in [2.24, 2.45) is 5.92 Å². The van der Waals surface area contributed by atoms with Gasteiger partial charge in [0.2, 0.25) is 0 Å². The molecule has 1 aromatic rings. The lowest BCUT2D eigenvalue weighted by Gasteiger charge is -2.13. The molecule has 7 nitrogen and oxygen atoms in total. The molecule has 0 aromatic carbocycles. The predicted molar refractivity (Wildman–Crippen MR) is 91.0 cm³/mol. The average molecular weight is 337 g/mol. The van der Waals surface area contributed by atoms with E-state index >= 15 is 0 Å². The minimum absolute atomic E-state index is 0.222. The Balaban J connectivity index is 2.56. The highest BCUT2D eigenvalue weighted by Crippen LogP contribution is 2.20.